The van der Waals surface area contributed by atoms with Crippen LogP contribution in [0.5, 0.6) is 11.9 Å². The number of benzene rings is 1. The molecule has 0 spiro atoms. The van der Waals surface area contributed by atoms with Crippen LogP contribution in [0.4, 0.5) is 5.82 Å². The van der Waals surface area contributed by atoms with Crippen LogP contribution in [0.15, 0.2) is 47.5 Å². The van der Waals surface area contributed by atoms with Crippen LogP contribution >= 0.6 is 15.9 Å². The highest BCUT2D eigenvalue weighted by atomic mass is 79.9. The Morgan fingerprint density at radius 2 is 1.73 bits per heavy atom. The van der Waals surface area contributed by atoms with Crippen LogP contribution in [0.2, 0.25) is 0 Å². The van der Waals surface area contributed by atoms with Crippen molar-refractivity contribution in [2.75, 3.05) is 24.5 Å². The number of nitrogens with one attached hydrogen (secondary N) is 2. The molecule has 1 aliphatic carbocycles. The molecule has 12 heteroatoms. The number of halogens is 1. The number of hydrogen-bond donors (Lipinski definition) is 2. The Kier molecular flexibility index (Phi) is 7.36. The van der Waals surface area contributed by atoms with Gasteiger partial charge in [-0.05, 0) is 47.2 Å². The Bertz CT molecular complexity index is 1190. The van der Waals surface area contributed by atoms with Crippen LogP contribution in [-0.4, -0.2) is 48.1 Å². The smallest absolute Gasteiger partial charge is 0.316 e. The van der Waals surface area contributed by atoms with Gasteiger partial charge in [-0.1, -0.05) is 29.8 Å². The number of ether oxygens (including phenoxy) is 2. The Balaban J connectivity index is 1.51. The van der Waals surface area contributed by atoms with E-state index >= 15 is 0 Å². The average molecular weight is 535 g/mol. The van der Waals surface area contributed by atoms with Crippen molar-refractivity contribution < 1.29 is 17.9 Å². The normalized spacial score (nSPS) is 13.5. The quantitative estimate of drug-likeness (QED) is 0.359. The molecule has 174 valence electrons. The molecular weight excluding hydrogens is 512 g/mol. The summed E-state index contributed by atoms with van der Waals surface area (Å²) in [7, 11) is -3.80. The van der Waals surface area contributed by atoms with Gasteiger partial charge in [-0.3, -0.25) is 4.72 Å². The second kappa shape index (κ2) is 10.4. The van der Waals surface area contributed by atoms with Gasteiger partial charge in [0.05, 0.1) is 10.0 Å². The van der Waals surface area contributed by atoms with Crippen LogP contribution in [0.25, 0.3) is 11.1 Å². The van der Waals surface area contributed by atoms with Gasteiger partial charge in [-0.2, -0.15) is 13.1 Å². The van der Waals surface area contributed by atoms with Crippen molar-refractivity contribution >= 4 is 32.0 Å². The molecule has 2 aromatic heterocycles. The Hall–Kier alpha value is -2.83. The van der Waals surface area contributed by atoms with E-state index in [0.29, 0.717) is 23.6 Å². The molecule has 1 saturated carbocycles. The summed E-state index contributed by atoms with van der Waals surface area (Å²) in [6.45, 7) is 2.68. The van der Waals surface area contributed by atoms with Crippen molar-refractivity contribution in [1.29, 1.82) is 0 Å². The molecule has 4 rings (SSSR count). The molecule has 1 fully saturated rings. The van der Waals surface area contributed by atoms with Gasteiger partial charge in [0.25, 0.3) is 10.2 Å². The average Bonchev–Trinajstić information content (AvgIpc) is 3.62. The topological polar surface area (TPSA) is 128 Å². The molecule has 0 radical (unpaired) electrons. The molecule has 0 saturated heterocycles. The predicted octanol–water partition coefficient (Wildman–Crippen LogP) is 3.12. The molecule has 0 bridgehead atoms. The summed E-state index contributed by atoms with van der Waals surface area (Å²) < 4.78 is 42.3. The lowest BCUT2D eigenvalue weighted by Gasteiger charge is -2.16. The zero-order chi connectivity index (χ0) is 23.3. The van der Waals surface area contributed by atoms with Crippen molar-refractivity contribution in [3.05, 3.63) is 53.0 Å². The van der Waals surface area contributed by atoms with E-state index in [1.54, 1.807) is 12.4 Å². The van der Waals surface area contributed by atoms with E-state index in [1.807, 2.05) is 31.2 Å². The maximum atomic E-state index is 12.6. The zero-order valence-electron chi connectivity index (χ0n) is 17.9. The number of aromatic nitrogens is 4. The minimum absolute atomic E-state index is 0.129. The Morgan fingerprint density at radius 1 is 1.03 bits per heavy atom. The van der Waals surface area contributed by atoms with E-state index in [-0.39, 0.29) is 30.9 Å². The second-order valence-electron chi connectivity index (χ2n) is 7.55. The summed E-state index contributed by atoms with van der Waals surface area (Å²) in [5, 5.41) is 0. The fourth-order valence-electron chi connectivity index (χ4n) is 2.90. The summed E-state index contributed by atoms with van der Waals surface area (Å²) in [5.74, 6) is 0.760. The van der Waals surface area contributed by atoms with Gasteiger partial charge in [-0.25, -0.2) is 19.9 Å². The molecule has 10 nitrogen and oxygen atoms in total. The number of rotatable bonds is 11. The fraction of sp³-hybridized carbons (Fsp3) is 0.333. The summed E-state index contributed by atoms with van der Waals surface area (Å²) in [4.78, 5) is 16.5. The van der Waals surface area contributed by atoms with Gasteiger partial charge in [-0.15, -0.1) is 0 Å². The first-order chi connectivity index (χ1) is 15.9. The third-order valence-electron chi connectivity index (χ3n) is 4.79. The van der Waals surface area contributed by atoms with Crippen molar-refractivity contribution in [3.63, 3.8) is 0 Å². The molecule has 0 aliphatic heterocycles. The standard InChI is InChI=1S/C21H23BrN6O4S/c1-14-2-6-16(7-3-14)18-19(28-33(29,30)27-10-15-4-5-15)25-13-26-20(18)31-8-9-32-21-23-11-17(22)12-24-21/h2-3,6-7,11-13,15,27H,4-5,8-10H2,1H3,(H,25,26,28). The second-order valence-corrected chi connectivity index (χ2v) is 9.96. The van der Waals surface area contributed by atoms with Gasteiger partial charge < -0.3 is 9.47 Å². The Labute approximate surface area is 200 Å². The number of hydrogen-bond acceptors (Lipinski definition) is 8. The van der Waals surface area contributed by atoms with Crippen LogP contribution in [-0.2, 0) is 10.2 Å². The minimum atomic E-state index is -3.80. The molecule has 33 heavy (non-hydrogen) atoms. The van der Waals surface area contributed by atoms with Gasteiger partial charge >= 0.3 is 6.01 Å². The molecule has 2 heterocycles. The molecular formula is C21H23BrN6O4S. The number of nitrogens with zero attached hydrogens (tertiary/aromatic N) is 4. The molecule has 1 aliphatic rings. The molecule has 3 aromatic rings. The molecule has 0 amide bonds. The highest BCUT2D eigenvalue weighted by Gasteiger charge is 2.25. The summed E-state index contributed by atoms with van der Waals surface area (Å²) in [5.41, 5.74) is 2.22. The van der Waals surface area contributed by atoms with E-state index in [0.717, 1.165) is 22.9 Å². The number of aryl methyl sites for hydroxylation is 1. The number of anilines is 1. The van der Waals surface area contributed by atoms with Gasteiger partial charge in [0.2, 0.25) is 5.88 Å². The van der Waals surface area contributed by atoms with Crippen LogP contribution < -0.4 is 18.9 Å². The predicted molar refractivity (Wildman–Crippen MR) is 126 cm³/mol. The SMILES string of the molecule is Cc1ccc(-c2c(NS(=O)(=O)NCC3CC3)ncnc2OCCOc2ncc(Br)cn2)cc1. The first-order valence-corrected chi connectivity index (χ1v) is 12.6. The largest absolute Gasteiger partial charge is 0.473 e. The van der Waals surface area contributed by atoms with Crippen molar-refractivity contribution in [3.8, 4) is 23.0 Å². The third kappa shape index (κ3) is 6.83. The lowest BCUT2D eigenvalue weighted by molar-refractivity contribution is 0.202. The van der Waals surface area contributed by atoms with Crippen LogP contribution in [0, 0.1) is 12.8 Å². The summed E-state index contributed by atoms with van der Waals surface area (Å²) >= 11 is 3.27. The fourth-order valence-corrected chi connectivity index (χ4v) is 4.04. The first kappa shape index (κ1) is 23.3. The molecule has 2 N–H and O–H groups in total. The lowest BCUT2D eigenvalue weighted by Crippen LogP contribution is -2.32. The van der Waals surface area contributed by atoms with E-state index in [9.17, 15) is 8.42 Å². The maximum absolute atomic E-state index is 12.6. The first-order valence-electron chi connectivity index (χ1n) is 10.3. The lowest BCUT2D eigenvalue weighted by atomic mass is 10.1. The molecule has 0 unspecified atom stereocenters. The summed E-state index contributed by atoms with van der Waals surface area (Å²) in [6, 6.07) is 7.79. The van der Waals surface area contributed by atoms with Gasteiger partial charge in [0.1, 0.15) is 19.5 Å². The monoisotopic (exact) mass is 534 g/mol. The van der Waals surface area contributed by atoms with Gasteiger partial charge in [0, 0.05) is 18.9 Å². The van der Waals surface area contributed by atoms with E-state index in [1.165, 1.54) is 6.33 Å². The summed E-state index contributed by atoms with van der Waals surface area (Å²) in [6.07, 6.45) is 6.49. The van der Waals surface area contributed by atoms with Crippen LogP contribution in [0.1, 0.15) is 18.4 Å². The van der Waals surface area contributed by atoms with Crippen molar-refractivity contribution in [2.24, 2.45) is 5.92 Å². The van der Waals surface area contributed by atoms with Gasteiger partial charge in [0.15, 0.2) is 5.82 Å². The highest BCUT2D eigenvalue weighted by Crippen LogP contribution is 2.34. The molecule has 1 aromatic carbocycles. The van der Waals surface area contributed by atoms with Crippen molar-refractivity contribution in [2.45, 2.75) is 19.8 Å². The zero-order valence-corrected chi connectivity index (χ0v) is 20.3. The molecule has 0 atom stereocenters. The third-order valence-corrected chi connectivity index (χ3v) is 6.21. The Morgan fingerprint density at radius 3 is 2.42 bits per heavy atom. The van der Waals surface area contributed by atoms with E-state index < -0.39 is 10.2 Å². The van der Waals surface area contributed by atoms with E-state index in [2.05, 4.69) is 45.3 Å². The minimum Gasteiger partial charge on any atom is -0.473 e. The highest BCUT2D eigenvalue weighted by molar-refractivity contribution is 9.10. The van der Waals surface area contributed by atoms with Crippen LogP contribution in [0.3, 0.4) is 0 Å². The van der Waals surface area contributed by atoms with E-state index in [4.69, 9.17) is 9.47 Å². The maximum Gasteiger partial charge on any atom is 0.316 e. The van der Waals surface area contributed by atoms with Crippen molar-refractivity contribution in [1.82, 2.24) is 24.7 Å².